The summed E-state index contributed by atoms with van der Waals surface area (Å²) in [6.07, 6.45) is 1.33. The van der Waals surface area contributed by atoms with Crippen LogP contribution in [-0.4, -0.2) is 34.8 Å². The number of carbonyl (C=O) groups is 3. The van der Waals surface area contributed by atoms with Crippen LogP contribution in [0.5, 0.6) is 0 Å². The SMILES string of the molecule is CC(C)CCC1(C)NC(=O)N(CC(=O)NCc2ccc(F)cc2)C1=O. The average Bonchev–Trinajstić information content (AvgIpc) is 2.76. The Bertz CT molecular complexity index is 660. The van der Waals surface area contributed by atoms with Crippen molar-refractivity contribution in [2.75, 3.05) is 6.54 Å². The van der Waals surface area contributed by atoms with E-state index >= 15 is 0 Å². The summed E-state index contributed by atoms with van der Waals surface area (Å²) in [6.45, 7) is 5.65. The van der Waals surface area contributed by atoms with E-state index < -0.39 is 17.5 Å². The van der Waals surface area contributed by atoms with Crippen LogP contribution in [0.1, 0.15) is 39.2 Å². The minimum absolute atomic E-state index is 0.202. The molecule has 1 heterocycles. The zero-order chi connectivity index (χ0) is 18.6. The van der Waals surface area contributed by atoms with Crippen molar-refractivity contribution in [3.8, 4) is 0 Å². The zero-order valence-corrected chi connectivity index (χ0v) is 14.8. The molecule has 0 aromatic heterocycles. The van der Waals surface area contributed by atoms with Gasteiger partial charge in [-0.2, -0.15) is 0 Å². The fourth-order valence-electron chi connectivity index (χ4n) is 2.64. The summed E-state index contributed by atoms with van der Waals surface area (Å²) in [7, 11) is 0. The van der Waals surface area contributed by atoms with E-state index in [1.807, 2.05) is 13.8 Å². The number of urea groups is 1. The Balaban J connectivity index is 1.90. The molecule has 0 radical (unpaired) electrons. The van der Waals surface area contributed by atoms with Gasteiger partial charge in [-0.25, -0.2) is 9.18 Å². The molecule has 0 bridgehead atoms. The van der Waals surface area contributed by atoms with E-state index in [-0.39, 0.29) is 24.8 Å². The Labute approximate surface area is 146 Å². The highest BCUT2D eigenvalue weighted by Crippen LogP contribution is 2.24. The average molecular weight is 349 g/mol. The van der Waals surface area contributed by atoms with E-state index in [1.165, 1.54) is 12.1 Å². The van der Waals surface area contributed by atoms with Gasteiger partial charge in [0.05, 0.1) is 0 Å². The quantitative estimate of drug-likeness (QED) is 0.741. The molecular weight excluding hydrogens is 325 g/mol. The standard InChI is InChI=1S/C18H24FN3O3/c1-12(2)8-9-18(3)16(24)22(17(25)21-18)11-15(23)20-10-13-4-6-14(19)7-5-13/h4-7,12H,8-11H2,1-3H3,(H,20,23)(H,21,25). The molecule has 136 valence electrons. The topological polar surface area (TPSA) is 78.5 Å². The van der Waals surface area contributed by atoms with Gasteiger partial charge in [0.25, 0.3) is 5.91 Å². The Kier molecular flexibility index (Phi) is 5.77. The zero-order valence-electron chi connectivity index (χ0n) is 14.8. The maximum absolute atomic E-state index is 12.9. The third-order valence-electron chi connectivity index (χ3n) is 4.27. The van der Waals surface area contributed by atoms with Crippen LogP contribution in [0.4, 0.5) is 9.18 Å². The van der Waals surface area contributed by atoms with E-state index in [0.29, 0.717) is 12.3 Å². The van der Waals surface area contributed by atoms with Crippen LogP contribution in [0.2, 0.25) is 0 Å². The van der Waals surface area contributed by atoms with Crippen molar-refractivity contribution < 1.29 is 18.8 Å². The van der Waals surface area contributed by atoms with Crippen LogP contribution >= 0.6 is 0 Å². The number of halogens is 1. The fraction of sp³-hybridized carbons (Fsp3) is 0.500. The third kappa shape index (κ3) is 4.78. The fourth-order valence-corrected chi connectivity index (χ4v) is 2.64. The smallest absolute Gasteiger partial charge is 0.325 e. The highest BCUT2D eigenvalue weighted by atomic mass is 19.1. The van der Waals surface area contributed by atoms with Crippen molar-refractivity contribution in [2.24, 2.45) is 5.92 Å². The lowest BCUT2D eigenvalue weighted by Crippen LogP contribution is -2.45. The number of nitrogens with one attached hydrogen (secondary N) is 2. The van der Waals surface area contributed by atoms with Crippen molar-refractivity contribution in [3.63, 3.8) is 0 Å². The Morgan fingerprint density at radius 2 is 1.92 bits per heavy atom. The number of imide groups is 1. The second-order valence-corrected chi connectivity index (χ2v) is 6.99. The first-order chi connectivity index (χ1) is 11.7. The monoisotopic (exact) mass is 349 g/mol. The van der Waals surface area contributed by atoms with E-state index in [2.05, 4.69) is 10.6 Å². The molecule has 1 saturated heterocycles. The van der Waals surface area contributed by atoms with Gasteiger partial charge in [0, 0.05) is 6.54 Å². The summed E-state index contributed by atoms with van der Waals surface area (Å²) in [6, 6.07) is 5.18. The van der Waals surface area contributed by atoms with E-state index in [0.717, 1.165) is 16.9 Å². The maximum Gasteiger partial charge on any atom is 0.325 e. The molecule has 4 amide bonds. The summed E-state index contributed by atoms with van der Waals surface area (Å²) >= 11 is 0. The van der Waals surface area contributed by atoms with E-state index in [9.17, 15) is 18.8 Å². The van der Waals surface area contributed by atoms with Gasteiger partial charge in [0.2, 0.25) is 5.91 Å². The van der Waals surface area contributed by atoms with E-state index in [4.69, 9.17) is 0 Å². The molecule has 2 N–H and O–H groups in total. The number of nitrogens with zero attached hydrogens (tertiary/aromatic N) is 1. The van der Waals surface area contributed by atoms with Crippen molar-refractivity contribution in [2.45, 2.75) is 45.7 Å². The highest BCUT2D eigenvalue weighted by molar-refractivity contribution is 6.08. The van der Waals surface area contributed by atoms with E-state index in [1.54, 1.807) is 19.1 Å². The summed E-state index contributed by atoms with van der Waals surface area (Å²) in [5, 5.41) is 5.32. The maximum atomic E-state index is 12.9. The number of hydrogen-bond acceptors (Lipinski definition) is 3. The molecule has 1 aliphatic heterocycles. The van der Waals surface area contributed by atoms with Gasteiger partial charge in [-0.1, -0.05) is 26.0 Å². The first-order valence-electron chi connectivity index (χ1n) is 8.36. The number of rotatable bonds is 7. The Morgan fingerprint density at radius 1 is 1.28 bits per heavy atom. The normalized spacial score (nSPS) is 20.1. The first-order valence-corrected chi connectivity index (χ1v) is 8.36. The second-order valence-electron chi connectivity index (χ2n) is 6.99. The summed E-state index contributed by atoms with van der Waals surface area (Å²) in [4.78, 5) is 37.6. The molecule has 7 heteroatoms. The van der Waals surface area contributed by atoms with Crippen molar-refractivity contribution >= 4 is 17.8 Å². The molecule has 1 aromatic carbocycles. The molecule has 1 fully saturated rings. The second kappa shape index (κ2) is 7.63. The first kappa shape index (κ1) is 18.9. The van der Waals surface area contributed by atoms with Gasteiger partial charge in [-0.05, 0) is 43.4 Å². The van der Waals surface area contributed by atoms with Crippen LogP contribution in [0.3, 0.4) is 0 Å². The molecule has 1 aromatic rings. The van der Waals surface area contributed by atoms with Gasteiger partial charge < -0.3 is 10.6 Å². The predicted octanol–water partition coefficient (Wildman–Crippen LogP) is 2.19. The lowest BCUT2D eigenvalue weighted by atomic mass is 9.92. The minimum atomic E-state index is -0.960. The lowest BCUT2D eigenvalue weighted by Gasteiger charge is -2.22. The van der Waals surface area contributed by atoms with Gasteiger partial charge in [0.1, 0.15) is 17.9 Å². The molecule has 6 nitrogen and oxygen atoms in total. The third-order valence-corrected chi connectivity index (χ3v) is 4.27. The Morgan fingerprint density at radius 3 is 2.52 bits per heavy atom. The number of hydrogen-bond donors (Lipinski definition) is 2. The molecule has 2 rings (SSSR count). The van der Waals surface area contributed by atoms with Crippen LogP contribution < -0.4 is 10.6 Å². The largest absolute Gasteiger partial charge is 0.350 e. The van der Waals surface area contributed by atoms with Crippen molar-refractivity contribution in [1.82, 2.24) is 15.5 Å². The van der Waals surface area contributed by atoms with Crippen LogP contribution in [0.15, 0.2) is 24.3 Å². The Hall–Kier alpha value is -2.44. The predicted molar refractivity (Wildman–Crippen MR) is 91.0 cm³/mol. The van der Waals surface area contributed by atoms with Gasteiger partial charge in [-0.15, -0.1) is 0 Å². The molecule has 1 unspecified atom stereocenters. The molecule has 0 saturated carbocycles. The number of amides is 4. The molecule has 1 aliphatic rings. The summed E-state index contributed by atoms with van der Waals surface area (Å²) < 4.78 is 12.9. The molecule has 25 heavy (non-hydrogen) atoms. The number of carbonyl (C=O) groups excluding carboxylic acids is 3. The van der Waals surface area contributed by atoms with Crippen LogP contribution in [0.25, 0.3) is 0 Å². The van der Waals surface area contributed by atoms with Gasteiger partial charge in [0.15, 0.2) is 0 Å². The van der Waals surface area contributed by atoms with Crippen LogP contribution in [-0.2, 0) is 16.1 Å². The minimum Gasteiger partial charge on any atom is -0.350 e. The molecule has 0 aliphatic carbocycles. The van der Waals surface area contributed by atoms with Gasteiger partial charge >= 0.3 is 6.03 Å². The summed E-state index contributed by atoms with van der Waals surface area (Å²) in [5.74, 6) is -0.763. The van der Waals surface area contributed by atoms with Crippen LogP contribution in [0, 0.1) is 11.7 Å². The highest BCUT2D eigenvalue weighted by Gasteiger charge is 2.47. The number of benzene rings is 1. The lowest BCUT2D eigenvalue weighted by molar-refractivity contribution is -0.134. The van der Waals surface area contributed by atoms with Gasteiger partial charge in [-0.3, -0.25) is 14.5 Å². The molecular formula is C18H24FN3O3. The summed E-state index contributed by atoms with van der Waals surface area (Å²) in [5.41, 5.74) is -0.229. The van der Waals surface area contributed by atoms with Crippen molar-refractivity contribution in [1.29, 1.82) is 0 Å². The molecule has 0 spiro atoms. The van der Waals surface area contributed by atoms with Crippen molar-refractivity contribution in [3.05, 3.63) is 35.6 Å². The molecule has 1 atom stereocenters.